The summed E-state index contributed by atoms with van der Waals surface area (Å²) in [4.78, 5) is 24.7. The lowest BCUT2D eigenvalue weighted by Gasteiger charge is -2.32. The largest absolute Gasteiger partial charge is 0.516 e. The van der Waals surface area contributed by atoms with Crippen LogP contribution in [0.25, 0.3) is 0 Å². The highest BCUT2D eigenvalue weighted by Gasteiger charge is 2.38. The van der Waals surface area contributed by atoms with Gasteiger partial charge in [-0.2, -0.15) is 0 Å². The summed E-state index contributed by atoms with van der Waals surface area (Å²) in [5.74, 6) is -0.890. The van der Waals surface area contributed by atoms with Crippen molar-refractivity contribution in [1.82, 2.24) is 0 Å². The Hall–Kier alpha value is -1.10. The summed E-state index contributed by atoms with van der Waals surface area (Å²) in [5, 5.41) is 0. The number of carbonyl (C=O) groups excluding carboxylic acids is 2. The molecule has 0 saturated carbocycles. The monoisotopic (exact) mass is 440 g/mol. The first-order chi connectivity index (χ1) is 14.3. The van der Waals surface area contributed by atoms with E-state index in [1.807, 2.05) is 0 Å². The van der Waals surface area contributed by atoms with Crippen molar-refractivity contribution in [3.8, 4) is 0 Å². The van der Waals surface area contributed by atoms with Crippen molar-refractivity contribution in [2.45, 2.75) is 136 Å². The maximum atomic E-state index is 12.9. The van der Waals surface area contributed by atoms with Gasteiger partial charge in [0.2, 0.25) is 0 Å². The van der Waals surface area contributed by atoms with Gasteiger partial charge in [0, 0.05) is 5.57 Å². The highest BCUT2D eigenvalue weighted by Crippen LogP contribution is 2.31. The molecule has 0 rings (SSSR count). The molecule has 0 radical (unpaired) electrons. The van der Waals surface area contributed by atoms with Crippen molar-refractivity contribution in [1.29, 1.82) is 0 Å². The molecule has 5 heteroatoms. The molecule has 176 valence electrons. The number of esters is 1. The highest BCUT2D eigenvalue weighted by molar-refractivity contribution is 6.75. The first-order valence-electron chi connectivity index (χ1n) is 12.4. The third-order valence-corrected chi connectivity index (χ3v) is 10.2. The minimum Gasteiger partial charge on any atom is -0.516 e. The number of hydrogen-bond donors (Lipinski definition) is 0. The molecule has 0 aromatic heterocycles. The Kier molecular flexibility index (Phi) is 16.9. The molecule has 0 N–H and O–H groups in total. The van der Waals surface area contributed by atoms with Gasteiger partial charge in [-0.1, -0.05) is 104 Å². The van der Waals surface area contributed by atoms with Gasteiger partial charge in [0.25, 0.3) is 8.32 Å². The summed E-state index contributed by atoms with van der Waals surface area (Å²) in [5.41, 5.74) is 0.303. The topological polar surface area (TPSA) is 52.6 Å². The van der Waals surface area contributed by atoms with E-state index in [0.29, 0.717) is 5.57 Å². The average molecular weight is 441 g/mol. The molecule has 0 aliphatic rings. The van der Waals surface area contributed by atoms with E-state index in [9.17, 15) is 9.59 Å². The van der Waals surface area contributed by atoms with E-state index in [-0.39, 0.29) is 5.97 Å². The van der Waals surface area contributed by atoms with Crippen LogP contribution in [-0.4, -0.2) is 26.4 Å². The average Bonchev–Trinajstić information content (AvgIpc) is 2.71. The third kappa shape index (κ3) is 13.3. The molecule has 0 spiro atoms. The van der Waals surface area contributed by atoms with Gasteiger partial charge < -0.3 is 9.16 Å². The lowest BCUT2D eigenvalue weighted by atomic mass is 10.2. The lowest BCUT2D eigenvalue weighted by Crippen LogP contribution is -2.43. The van der Waals surface area contributed by atoms with E-state index in [1.165, 1.54) is 57.8 Å². The fourth-order valence-electron chi connectivity index (χ4n) is 3.76. The Bertz CT molecular complexity index is 458. The molecule has 0 fully saturated rings. The Labute approximate surface area is 187 Å². The van der Waals surface area contributed by atoms with Crippen LogP contribution in [0.1, 0.15) is 112 Å². The van der Waals surface area contributed by atoms with Crippen molar-refractivity contribution in [3.05, 3.63) is 12.2 Å². The number of carbonyl (C=O) groups is 2. The molecular formula is C25H48O4Si. The van der Waals surface area contributed by atoms with Crippen molar-refractivity contribution in [2.75, 3.05) is 0 Å². The number of ether oxygens (including phenoxy) is 1. The van der Waals surface area contributed by atoms with Crippen LogP contribution in [0.15, 0.2) is 12.2 Å². The van der Waals surface area contributed by atoms with Crippen LogP contribution in [-0.2, 0) is 18.8 Å². The highest BCUT2D eigenvalue weighted by atomic mass is 28.4. The summed E-state index contributed by atoms with van der Waals surface area (Å²) in [6, 6.07) is 3.12. The summed E-state index contributed by atoms with van der Waals surface area (Å²) in [6.45, 7) is 13.5. The van der Waals surface area contributed by atoms with Gasteiger partial charge in [0.15, 0.2) is 6.10 Å². The maximum absolute atomic E-state index is 12.9. The smallest absolute Gasteiger partial charge is 0.333 e. The van der Waals surface area contributed by atoms with E-state index in [1.54, 1.807) is 13.8 Å². The molecule has 0 heterocycles. The van der Waals surface area contributed by atoms with Gasteiger partial charge in [-0.05, 0) is 32.0 Å². The molecular weight excluding hydrogens is 392 g/mol. The fourth-order valence-corrected chi connectivity index (χ4v) is 8.09. The Morgan fingerprint density at radius 3 is 1.50 bits per heavy atom. The van der Waals surface area contributed by atoms with Crippen LogP contribution in [0.5, 0.6) is 0 Å². The second-order valence-corrected chi connectivity index (χ2v) is 12.9. The number of rotatable bonds is 19. The molecule has 0 aromatic rings. The van der Waals surface area contributed by atoms with Crippen molar-refractivity contribution < 1.29 is 18.8 Å². The number of unbranched alkanes of at least 4 members (excludes halogenated alkanes) is 9. The Morgan fingerprint density at radius 1 is 0.767 bits per heavy atom. The first kappa shape index (κ1) is 28.9. The van der Waals surface area contributed by atoms with Crippen LogP contribution < -0.4 is 0 Å². The van der Waals surface area contributed by atoms with Crippen molar-refractivity contribution in [2.24, 2.45) is 0 Å². The molecule has 0 amide bonds. The molecule has 1 unspecified atom stereocenters. The van der Waals surface area contributed by atoms with Gasteiger partial charge in [-0.3, -0.25) is 0 Å². The van der Waals surface area contributed by atoms with Gasteiger partial charge in [0.05, 0.1) is 0 Å². The van der Waals surface area contributed by atoms with Crippen molar-refractivity contribution >= 4 is 20.3 Å². The second-order valence-electron chi connectivity index (χ2n) is 8.86. The van der Waals surface area contributed by atoms with E-state index < -0.39 is 20.4 Å². The first-order valence-corrected chi connectivity index (χ1v) is 14.9. The van der Waals surface area contributed by atoms with E-state index >= 15 is 0 Å². The van der Waals surface area contributed by atoms with Crippen LogP contribution in [0, 0.1) is 0 Å². The van der Waals surface area contributed by atoms with Gasteiger partial charge in [-0.15, -0.1) is 0 Å². The quantitative estimate of drug-likeness (QED) is 0.0892. The lowest BCUT2D eigenvalue weighted by molar-refractivity contribution is -0.158. The zero-order valence-electron chi connectivity index (χ0n) is 20.5. The predicted octanol–water partition coefficient (Wildman–Crippen LogP) is 7.72. The minimum atomic E-state index is -2.21. The number of hydrogen-bond acceptors (Lipinski definition) is 4. The fraction of sp³-hybridized carbons (Fsp3) is 0.840. The molecule has 1 atom stereocenters. The van der Waals surface area contributed by atoms with Crippen LogP contribution in [0.4, 0.5) is 0 Å². The zero-order valence-corrected chi connectivity index (χ0v) is 21.5. The Balaban J connectivity index is 5.25. The minimum absolute atomic E-state index is 0.303. The van der Waals surface area contributed by atoms with Crippen LogP contribution >= 0.6 is 0 Å². The third-order valence-electron chi connectivity index (χ3n) is 5.74. The van der Waals surface area contributed by atoms with Gasteiger partial charge in [-0.25, -0.2) is 9.59 Å². The summed E-state index contributed by atoms with van der Waals surface area (Å²) in [7, 11) is -2.21. The standard InChI is InChI=1S/C25H48O4Si/c1-7-10-13-16-19-30(20-17-14-11-8-2,21-18-15-12-9-3)29-25(27)23(6)28-24(26)22(4)5/h23H,4,7-21H2,1-3,5-6H3. The van der Waals surface area contributed by atoms with E-state index in [0.717, 1.165) is 37.4 Å². The van der Waals surface area contributed by atoms with Gasteiger partial charge >= 0.3 is 11.9 Å². The molecule has 0 saturated heterocycles. The maximum Gasteiger partial charge on any atom is 0.333 e. The van der Waals surface area contributed by atoms with Crippen LogP contribution in [0.3, 0.4) is 0 Å². The summed E-state index contributed by atoms with van der Waals surface area (Å²) < 4.78 is 11.6. The molecule has 0 bridgehead atoms. The molecule has 30 heavy (non-hydrogen) atoms. The predicted molar refractivity (Wildman–Crippen MR) is 129 cm³/mol. The van der Waals surface area contributed by atoms with E-state index in [4.69, 9.17) is 9.16 Å². The van der Waals surface area contributed by atoms with Crippen molar-refractivity contribution in [3.63, 3.8) is 0 Å². The molecule has 0 aliphatic carbocycles. The molecule has 4 nitrogen and oxygen atoms in total. The normalized spacial score (nSPS) is 12.4. The zero-order chi connectivity index (χ0) is 22.8. The van der Waals surface area contributed by atoms with E-state index in [2.05, 4.69) is 27.4 Å². The summed E-state index contributed by atoms with van der Waals surface area (Å²) >= 11 is 0. The Morgan fingerprint density at radius 2 is 1.17 bits per heavy atom. The molecule has 0 aromatic carbocycles. The molecule has 0 aliphatic heterocycles. The van der Waals surface area contributed by atoms with Gasteiger partial charge in [0.1, 0.15) is 0 Å². The second kappa shape index (κ2) is 17.6. The SMILES string of the molecule is C=C(C)C(=O)OC(C)C(=O)O[Si](CCCCCC)(CCCCCC)CCCCCC. The summed E-state index contributed by atoms with van der Waals surface area (Å²) in [6.07, 6.45) is 13.4. The van der Waals surface area contributed by atoms with Crippen LogP contribution in [0.2, 0.25) is 18.1 Å².